The molecule has 2 aromatic rings. The maximum absolute atomic E-state index is 12.9. The summed E-state index contributed by atoms with van der Waals surface area (Å²) in [6.45, 7) is 1.50. The van der Waals surface area contributed by atoms with E-state index >= 15 is 0 Å². The Hall–Kier alpha value is -2.60. The molecule has 3 N–H and O–H groups in total. The topological polar surface area (TPSA) is 76.7 Å². The third-order valence-electron chi connectivity index (χ3n) is 3.23. The Balaban J connectivity index is 1.84. The Morgan fingerprint density at radius 2 is 2.04 bits per heavy atom. The predicted octanol–water partition coefficient (Wildman–Crippen LogP) is 2.99. The fourth-order valence-electron chi connectivity index (χ4n) is 1.98. The van der Waals surface area contributed by atoms with Crippen molar-refractivity contribution in [1.29, 1.82) is 0 Å². The molecule has 0 aliphatic carbocycles. The van der Waals surface area contributed by atoms with E-state index in [-0.39, 0.29) is 30.2 Å². The molecule has 126 valence electrons. The Bertz CT molecular complexity index is 735. The van der Waals surface area contributed by atoms with Crippen molar-refractivity contribution < 1.29 is 14.0 Å². The molecule has 0 spiro atoms. The minimum atomic E-state index is -0.366. The molecule has 1 unspecified atom stereocenters. The molecule has 0 heterocycles. The minimum Gasteiger partial charge on any atom is -0.384 e. The summed E-state index contributed by atoms with van der Waals surface area (Å²) in [5.74, 6) is -0.571. The molecule has 0 saturated heterocycles. The monoisotopic (exact) mass is 349 g/mol. The van der Waals surface area contributed by atoms with Crippen LogP contribution in [0.1, 0.15) is 24.1 Å². The lowest BCUT2D eigenvalue weighted by atomic mass is 10.1. The van der Waals surface area contributed by atoms with Crippen molar-refractivity contribution in [2.24, 2.45) is 10.9 Å². The first kappa shape index (κ1) is 17.7. The van der Waals surface area contributed by atoms with Crippen LogP contribution >= 0.6 is 11.6 Å². The van der Waals surface area contributed by atoms with E-state index in [0.717, 1.165) is 5.56 Å². The van der Waals surface area contributed by atoms with Crippen molar-refractivity contribution in [3.63, 3.8) is 0 Å². The molecule has 2 aromatic carbocycles. The number of benzene rings is 2. The number of carbonyl (C=O) groups is 1. The molecule has 1 amide bonds. The first-order valence-electron chi connectivity index (χ1n) is 7.22. The van der Waals surface area contributed by atoms with Crippen LogP contribution in [0.5, 0.6) is 0 Å². The van der Waals surface area contributed by atoms with Crippen molar-refractivity contribution in [1.82, 2.24) is 5.32 Å². The van der Waals surface area contributed by atoms with Crippen LogP contribution in [0.2, 0.25) is 5.02 Å². The van der Waals surface area contributed by atoms with Crippen molar-refractivity contribution in [3.05, 3.63) is 70.5 Å². The van der Waals surface area contributed by atoms with E-state index in [1.165, 1.54) is 12.1 Å². The summed E-state index contributed by atoms with van der Waals surface area (Å²) < 4.78 is 12.9. The first-order valence-corrected chi connectivity index (χ1v) is 7.59. The van der Waals surface area contributed by atoms with Crippen LogP contribution in [0.4, 0.5) is 4.39 Å². The fraction of sp³-hybridized carbons (Fsp3) is 0.176. The summed E-state index contributed by atoms with van der Waals surface area (Å²) >= 11 is 5.86. The summed E-state index contributed by atoms with van der Waals surface area (Å²) in [5.41, 5.74) is 7.14. The third-order valence-corrected chi connectivity index (χ3v) is 3.46. The third kappa shape index (κ3) is 5.24. The second kappa shape index (κ2) is 8.31. The summed E-state index contributed by atoms with van der Waals surface area (Å²) in [4.78, 5) is 16.8. The molecule has 5 nitrogen and oxygen atoms in total. The number of carbonyl (C=O) groups excluding carboxylic acids is 1. The van der Waals surface area contributed by atoms with Crippen molar-refractivity contribution >= 4 is 23.3 Å². The quantitative estimate of drug-likeness (QED) is 0.478. The van der Waals surface area contributed by atoms with E-state index in [1.807, 2.05) is 0 Å². The number of nitrogens with zero attached hydrogens (tertiary/aromatic N) is 1. The van der Waals surface area contributed by atoms with Crippen molar-refractivity contribution in [2.75, 3.05) is 6.61 Å². The second-order valence-corrected chi connectivity index (χ2v) is 5.54. The van der Waals surface area contributed by atoms with Gasteiger partial charge in [0.2, 0.25) is 0 Å². The number of nitrogens with two attached hydrogens (primary N) is 1. The largest absolute Gasteiger partial charge is 0.384 e. The van der Waals surface area contributed by atoms with Crippen LogP contribution in [-0.4, -0.2) is 18.3 Å². The molecule has 0 bridgehead atoms. The summed E-state index contributed by atoms with van der Waals surface area (Å²) in [6.07, 6.45) is 0. The van der Waals surface area contributed by atoms with Gasteiger partial charge in [-0.15, -0.1) is 0 Å². The Kier molecular flexibility index (Phi) is 6.14. The van der Waals surface area contributed by atoms with Crippen molar-refractivity contribution in [2.45, 2.75) is 13.0 Å². The van der Waals surface area contributed by atoms with Crippen LogP contribution in [0.3, 0.4) is 0 Å². The molecular formula is C17H17ClFN3O2. The SMILES string of the molecule is CC(NC(=O)CO/N=C(/N)c1cccc(Cl)c1)c1ccc(F)cc1. The highest BCUT2D eigenvalue weighted by atomic mass is 35.5. The maximum atomic E-state index is 12.9. The van der Waals surface area contributed by atoms with Gasteiger partial charge in [-0.25, -0.2) is 4.39 Å². The zero-order valence-electron chi connectivity index (χ0n) is 13.0. The van der Waals surface area contributed by atoms with Gasteiger partial charge in [0.1, 0.15) is 5.82 Å². The van der Waals surface area contributed by atoms with Gasteiger partial charge in [-0.3, -0.25) is 4.79 Å². The number of halogens is 2. The minimum absolute atomic E-state index is 0.122. The van der Waals surface area contributed by atoms with E-state index in [1.54, 1.807) is 43.3 Å². The molecule has 24 heavy (non-hydrogen) atoms. The lowest BCUT2D eigenvalue weighted by Crippen LogP contribution is -2.30. The molecule has 0 aliphatic rings. The van der Waals surface area contributed by atoms with E-state index < -0.39 is 0 Å². The fourth-order valence-corrected chi connectivity index (χ4v) is 2.17. The van der Waals surface area contributed by atoms with Gasteiger partial charge in [-0.05, 0) is 36.8 Å². The van der Waals surface area contributed by atoms with Gasteiger partial charge in [0, 0.05) is 10.6 Å². The van der Waals surface area contributed by atoms with Crippen molar-refractivity contribution in [3.8, 4) is 0 Å². The molecule has 7 heteroatoms. The van der Waals surface area contributed by atoms with Gasteiger partial charge in [-0.1, -0.05) is 41.0 Å². The maximum Gasteiger partial charge on any atom is 0.261 e. The molecular weight excluding hydrogens is 333 g/mol. The van der Waals surface area contributed by atoms with Gasteiger partial charge in [0.05, 0.1) is 6.04 Å². The smallest absolute Gasteiger partial charge is 0.261 e. The van der Waals surface area contributed by atoms with Gasteiger partial charge >= 0.3 is 0 Å². The highest BCUT2D eigenvalue weighted by molar-refractivity contribution is 6.31. The van der Waals surface area contributed by atoms with Crippen LogP contribution in [0.25, 0.3) is 0 Å². The lowest BCUT2D eigenvalue weighted by molar-refractivity contribution is -0.126. The number of amides is 1. The van der Waals surface area contributed by atoms with Crippen LogP contribution in [-0.2, 0) is 9.63 Å². The zero-order valence-corrected chi connectivity index (χ0v) is 13.8. The molecule has 0 aliphatic heterocycles. The van der Waals surface area contributed by atoms with E-state index in [9.17, 15) is 9.18 Å². The number of hydrogen-bond acceptors (Lipinski definition) is 3. The van der Waals surface area contributed by atoms with E-state index in [4.69, 9.17) is 22.2 Å². The number of rotatable bonds is 6. The number of amidine groups is 1. The highest BCUT2D eigenvalue weighted by Gasteiger charge is 2.10. The number of hydrogen-bond donors (Lipinski definition) is 2. The van der Waals surface area contributed by atoms with E-state index in [0.29, 0.717) is 10.6 Å². The van der Waals surface area contributed by atoms with Crippen LogP contribution < -0.4 is 11.1 Å². The Morgan fingerprint density at radius 1 is 1.33 bits per heavy atom. The van der Waals surface area contributed by atoms with Gasteiger partial charge < -0.3 is 15.9 Å². The van der Waals surface area contributed by atoms with Gasteiger partial charge in [-0.2, -0.15) is 0 Å². The summed E-state index contributed by atoms with van der Waals surface area (Å²) in [7, 11) is 0. The Morgan fingerprint density at radius 3 is 2.71 bits per heavy atom. The average Bonchev–Trinajstić information content (AvgIpc) is 2.55. The standard InChI is InChI=1S/C17H17ClFN3O2/c1-11(12-5-7-15(19)8-6-12)21-16(23)10-24-22-17(20)13-3-2-4-14(18)9-13/h2-9,11H,10H2,1H3,(H2,20,22)(H,21,23). The highest BCUT2D eigenvalue weighted by Crippen LogP contribution is 2.13. The average molecular weight is 350 g/mol. The molecule has 0 aromatic heterocycles. The molecule has 0 saturated carbocycles. The van der Waals surface area contributed by atoms with Crippen LogP contribution in [0, 0.1) is 5.82 Å². The number of nitrogens with one attached hydrogen (secondary N) is 1. The molecule has 1 atom stereocenters. The second-order valence-electron chi connectivity index (χ2n) is 5.10. The van der Waals surface area contributed by atoms with Gasteiger partial charge in [0.25, 0.3) is 5.91 Å². The molecule has 0 radical (unpaired) electrons. The predicted molar refractivity (Wildman–Crippen MR) is 91.1 cm³/mol. The first-order chi connectivity index (χ1) is 11.5. The van der Waals surface area contributed by atoms with E-state index in [2.05, 4.69) is 10.5 Å². The van der Waals surface area contributed by atoms with Gasteiger partial charge in [0.15, 0.2) is 12.4 Å². The molecule has 2 rings (SSSR count). The lowest BCUT2D eigenvalue weighted by Gasteiger charge is -2.13. The normalized spacial score (nSPS) is 12.5. The zero-order chi connectivity index (χ0) is 17.5. The Labute approximate surface area is 144 Å². The number of oxime groups is 1. The van der Waals surface area contributed by atoms with Crippen LogP contribution in [0.15, 0.2) is 53.7 Å². The molecule has 0 fully saturated rings. The summed E-state index contributed by atoms with van der Waals surface area (Å²) in [6, 6.07) is 12.4. The summed E-state index contributed by atoms with van der Waals surface area (Å²) in [5, 5.41) is 6.94.